The van der Waals surface area contributed by atoms with E-state index in [9.17, 15) is 0 Å². The van der Waals surface area contributed by atoms with Crippen molar-refractivity contribution in [2.75, 3.05) is 13.2 Å². The molecule has 12 heavy (non-hydrogen) atoms. The first-order valence-electron chi connectivity index (χ1n) is 4.54. The van der Waals surface area contributed by atoms with E-state index in [0.29, 0.717) is 13.2 Å². The summed E-state index contributed by atoms with van der Waals surface area (Å²) in [7, 11) is 0. The van der Waals surface area contributed by atoms with Gasteiger partial charge in [0.2, 0.25) is 0 Å². The lowest BCUT2D eigenvalue weighted by Crippen LogP contribution is -2.13. The summed E-state index contributed by atoms with van der Waals surface area (Å²) in [6.45, 7) is 5.53. The van der Waals surface area contributed by atoms with Gasteiger partial charge in [0.15, 0.2) is 11.5 Å². The van der Waals surface area contributed by atoms with E-state index in [1.165, 1.54) is 0 Å². The van der Waals surface area contributed by atoms with E-state index in [1.807, 2.05) is 0 Å². The first-order valence-corrected chi connectivity index (χ1v) is 4.54. The van der Waals surface area contributed by atoms with Crippen molar-refractivity contribution in [1.82, 2.24) is 0 Å². The van der Waals surface area contributed by atoms with Crippen LogP contribution in [0.25, 0.3) is 0 Å². The summed E-state index contributed by atoms with van der Waals surface area (Å²) in [6.07, 6.45) is 6.08. The molecule has 0 amide bonds. The highest BCUT2D eigenvalue weighted by Gasteiger charge is 2.12. The zero-order valence-corrected chi connectivity index (χ0v) is 7.80. The van der Waals surface area contributed by atoms with Crippen molar-refractivity contribution in [1.29, 1.82) is 0 Å². The summed E-state index contributed by atoms with van der Waals surface area (Å²) in [5.74, 6) is 1.82. The fourth-order valence-electron chi connectivity index (χ4n) is 1.14. The van der Waals surface area contributed by atoms with Gasteiger partial charge in [-0.2, -0.15) is 0 Å². The zero-order valence-electron chi connectivity index (χ0n) is 7.80. The van der Waals surface area contributed by atoms with Crippen LogP contribution in [0.4, 0.5) is 0 Å². The molecule has 0 unspecified atom stereocenters. The SMILES string of the molecule is CC/C=C1/OCCO/C1=C/CC. The Bertz CT molecular complexity index is 170. The minimum Gasteiger partial charge on any atom is -0.487 e. The Hall–Kier alpha value is -0.920. The fraction of sp³-hybridized carbons (Fsp3) is 0.600. The minimum absolute atomic E-state index is 0.673. The molecular formula is C10H16O2. The summed E-state index contributed by atoms with van der Waals surface area (Å²) >= 11 is 0. The van der Waals surface area contributed by atoms with Crippen LogP contribution in [-0.2, 0) is 9.47 Å². The van der Waals surface area contributed by atoms with Crippen LogP contribution in [0.15, 0.2) is 23.7 Å². The van der Waals surface area contributed by atoms with Gasteiger partial charge in [0, 0.05) is 0 Å². The van der Waals surface area contributed by atoms with Crippen LogP contribution in [0.3, 0.4) is 0 Å². The molecule has 0 radical (unpaired) electrons. The van der Waals surface area contributed by atoms with Crippen LogP contribution in [-0.4, -0.2) is 13.2 Å². The van der Waals surface area contributed by atoms with Gasteiger partial charge >= 0.3 is 0 Å². The highest BCUT2D eigenvalue weighted by molar-refractivity contribution is 5.21. The maximum absolute atomic E-state index is 5.45. The van der Waals surface area contributed by atoms with Gasteiger partial charge in [-0.25, -0.2) is 0 Å². The monoisotopic (exact) mass is 168 g/mol. The Morgan fingerprint density at radius 2 is 1.42 bits per heavy atom. The third kappa shape index (κ3) is 2.29. The second kappa shape index (κ2) is 4.86. The molecule has 1 aliphatic rings. The van der Waals surface area contributed by atoms with E-state index in [4.69, 9.17) is 9.47 Å². The highest BCUT2D eigenvalue weighted by atomic mass is 16.6. The maximum atomic E-state index is 5.45. The van der Waals surface area contributed by atoms with Gasteiger partial charge in [-0.15, -0.1) is 0 Å². The normalized spacial score (nSPS) is 23.8. The predicted octanol–water partition coefficient (Wildman–Crippen LogP) is 2.62. The largest absolute Gasteiger partial charge is 0.487 e. The Morgan fingerprint density at radius 3 is 1.75 bits per heavy atom. The van der Waals surface area contributed by atoms with E-state index in [1.54, 1.807) is 0 Å². The lowest BCUT2D eigenvalue weighted by atomic mass is 10.2. The average Bonchev–Trinajstić information content (AvgIpc) is 2.09. The molecule has 1 saturated heterocycles. The molecule has 0 aliphatic carbocycles. The number of rotatable bonds is 2. The molecule has 2 heteroatoms. The molecule has 68 valence electrons. The summed E-state index contributed by atoms with van der Waals surface area (Å²) in [5.41, 5.74) is 0. The Kier molecular flexibility index (Phi) is 3.71. The van der Waals surface area contributed by atoms with E-state index in [0.717, 1.165) is 24.4 Å². The molecule has 1 aliphatic heterocycles. The van der Waals surface area contributed by atoms with Gasteiger partial charge in [-0.1, -0.05) is 13.8 Å². The van der Waals surface area contributed by atoms with Crippen LogP contribution in [0.5, 0.6) is 0 Å². The van der Waals surface area contributed by atoms with Crippen molar-refractivity contribution in [2.24, 2.45) is 0 Å². The van der Waals surface area contributed by atoms with Crippen LogP contribution >= 0.6 is 0 Å². The quantitative estimate of drug-likeness (QED) is 0.631. The Morgan fingerprint density at radius 1 is 1.00 bits per heavy atom. The maximum Gasteiger partial charge on any atom is 0.157 e. The summed E-state index contributed by atoms with van der Waals surface area (Å²) < 4.78 is 10.9. The Balaban J connectivity index is 2.67. The van der Waals surface area contributed by atoms with Crippen LogP contribution < -0.4 is 0 Å². The third-order valence-corrected chi connectivity index (χ3v) is 1.62. The zero-order chi connectivity index (χ0) is 8.81. The van der Waals surface area contributed by atoms with E-state index in [2.05, 4.69) is 26.0 Å². The van der Waals surface area contributed by atoms with Gasteiger partial charge in [-0.05, 0) is 25.0 Å². The van der Waals surface area contributed by atoms with Crippen molar-refractivity contribution >= 4 is 0 Å². The number of ether oxygens (including phenoxy) is 2. The first kappa shape index (κ1) is 9.17. The molecule has 0 aromatic carbocycles. The van der Waals surface area contributed by atoms with Crippen molar-refractivity contribution < 1.29 is 9.47 Å². The molecular weight excluding hydrogens is 152 g/mol. The first-order chi connectivity index (χ1) is 5.88. The molecule has 0 saturated carbocycles. The summed E-state index contributed by atoms with van der Waals surface area (Å²) in [5, 5.41) is 0. The molecule has 0 bridgehead atoms. The third-order valence-electron chi connectivity index (χ3n) is 1.62. The van der Waals surface area contributed by atoms with Crippen LogP contribution in [0.2, 0.25) is 0 Å². The van der Waals surface area contributed by atoms with Crippen molar-refractivity contribution in [2.45, 2.75) is 26.7 Å². The smallest absolute Gasteiger partial charge is 0.157 e. The molecule has 0 aromatic rings. The van der Waals surface area contributed by atoms with Gasteiger partial charge in [0.1, 0.15) is 13.2 Å². The molecule has 0 atom stereocenters. The second-order valence-electron chi connectivity index (χ2n) is 2.65. The summed E-state index contributed by atoms with van der Waals surface area (Å²) in [4.78, 5) is 0. The number of allylic oxidation sites excluding steroid dienone is 2. The van der Waals surface area contributed by atoms with Crippen molar-refractivity contribution in [3.63, 3.8) is 0 Å². The van der Waals surface area contributed by atoms with Gasteiger partial charge < -0.3 is 9.47 Å². The van der Waals surface area contributed by atoms with Crippen LogP contribution in [0, 0.1) is 0 Å². The Labute approximate surface area is 73.9 Å². The lowest BCUT2D eigenvalue weighted by Gasteiger charge is -2.20. The molecule has 0 N–H and O–H groups in total. The van der Waals surface area contributed by atoms with Gasteiger partial charge in [0.25, 0.3) is 0 Å². The fourth-order valence-corrected chi connectivity index (χ4v) is 1.14. The van der Waals surface area contributed by atoms with Gasteiger partial charge in [0.05, 0.1) is 0 Å². The van der Waals surface area contributed by atoms with E-state index >= 15 is 0 Å². The molecule has 0 spiro atoms. The molecule has 1 fully saturated rings. The molecule has 0 aromatic heterocycles. The van der Waals surface area contributed by atoms with Crippen LogP contribution in [0.1, 0.15) is 26.7 Å². The van der Waals surface area contributed by atoms with Crippen molar-refractivity contribution in [3.05, 3.63) is 23.7 Å². The predicted molar refractivity (Wildman–Crippen MR) is 48.7 cm³/mol. The van der Waals surface area contributed by atoms with E-state index in [-0.39, 0.29) is 0 Å². The molecule has 1 rings (SSSR count). The standard InChI is InChI=1S/C10H16O2/c1-3-5-9-10(6-4-2)12-8-7-11-9/h5-6H,3-4,7-8H2,1-2H3/b9-5+,10-6+. The minimum atomic E-state index is 0.673. The topological polar surface area (TPSA) is 18.5 Å². The van der Waals surface area contributed by atoms with Gasteiger partial charge in [-0.3, -0.25) is 0 Å². The summed E-state index contributed by atoms with van der Waals surface area (Å²) in [6, 6.07) is 0. The molecule has 1 heterocycles. The highest BCUT2D eigenvalue weighted by Crippen LogP contribution is 2.18. The number of hydrogen-bond donors (Lipinski definition) is 0. The van der Waals surface area contributed by atoms with Crippen molar-refractivity contribution in [3.8, 4) is 0 Å². The van der Waals surface area contributed by atoms with E-state index < -0.39 is 0 Å². The molecule has 2 nitrogen and oxygen atoms in total. The number of hydrogen-bond acceptors (Lipinski definition) is 2. The lowest BCUT2D eigenvalue weighted by molar-refractivity contribution is 0.0585. The average molecular weight is 168 g/mol. The second-order valence-corrected chi connectivity index (χ2v) is 2.65.